The van der Waals surface area contributed by atoms with Gasteiger partial charge in [-0.2, -0.15) is 0 Å². The van der Waals surface area contributed by atoms with Crippen molar-refractivity contribution >= 4 is 11.8 Å². The van der Waals surface area contributed by atoms with Crippen molar-refractivity contribution in [2.24, 2.45) is 0 Å². The normalized spacial score (nSPS) is 16.3. The van der Waals surface area contributed by atoms with Gasteiger partial charge >= 0.3 is 0 Å². The van der Waals surface area contributed by atoms with Crippen LogP contribution in [-0.2, 0) is 11.2 Å². The minimum absolute atomic E-state index is 0.0221. The summed E-state index contributed by atoms with van der Waals surface area (Å²) >= 11 is 0. The van der Waals surface area contributed by atoms with E-state index in [1.54, 1.807) is 12.1 Å². The average molecular weight is 408 g/mol. The summed E-state index contributed by atoms with van der Waals surface area (Å²) in [6.07, 6.45) is 2.41. The van der Waals surface area contributed by atoms with Crippen molar-refractivity contribution in [1.82, 2.24) is 15.1 Å². The third-order valence-electron chi connectivity index (χ3n) is 6.05. The second-order valence-electron chi connectivity index (χ2n) is 8.39. The first-order valence-electron chi connectivity index (χ1n) is 10.9. The molecule has 0 bridgehead atoms. The SMILES string of the molecule is CC(C)N1CCC(N(C)C(=O)C(Cc2ccccc2)NC(=O)c2ccccc2)CC1. The van der Waals surface area contributed by atoms with Crippen LogP contribution in [-0.4, -0.2) is 59.9 Å². The van der Waals surface area contributed by atoms with Gasteiger partial charge in [-0.25, -0.2) is 0 Å². The zero-order valence-electron chi connectivity index (χ0n) is 18.3. The molecule has 2 amide bonds. The number of likely N-dealkylation sites (N-methyl/N-ethyl adjacent to an activating group) is 1. The van der Waals surface area contributed by atoms with Crippen molar-refractivity contribution in [2.75, 3.05) is 20.1 Å². The topological polar surface area (TPSA) is 52.6 Å². The highest BCUT2D eigenvalue weighted by Gasteiger charge is 2.31. The second kappa shape index (κ2) is 10.4. The summed E-state index contributed by atoms with van der Waals surface area (Å²) in [5.74, 6) is -0.237. The van der Waals surface area contributed by atoms with Crippen LogP contribution in [0.15, 0.2) is 60.7 Å². The standard InChI is InChI=1S/C25H33N3O2/c1-19(2)28-16-14-22(15-17-28)27(3)25(30)23(18-20-10-6-4-7-11-20)26-24(29)21-12-8-5-9-13-21/h4-13,19,22-23H,14-18H2,1-3H3,(H,26,29). The average Bonchev–Trinajstić information content (AvgIpc) is 2.79. The molecule has 0 saturated carbocycles. The van der Waals surface area contributed by atoms with E-state index < -0.39 is 6.04 Å². The molecule has 5 nitrogen and oxygen atoms in total. The number of nitrogens with one attached hydrogen (secondary N) is 1. The molecule has 1 fully saturated rings. The highest BCUT2D eigenvalue weighted by Crippen LogP contribution is 2.19. The van der Waals surface area contributed by atoms with Crippen LogP contribution in [0.2, 0.25) is 0 Å². The molecule has 0 aliphatic carbocycles. The van der Waals surface area contributed by atoms with Gasteiger partial charge in [0.15, 0.2) is 0 Å². The number of nitrogens with zero attached hydrogens (tertiary/aromatic N) is 2. The Morgan fingerprint density at radius 3 is 2.13 bits per heavy atom. The Morgan fingerprint density at radius 1 is 1.00 bits per heavy atom. The van der Waals surface area contributed by atoms with E-state index in [0.29, 0.717) is 18.0 Å². The van der Waals surface area contributed by atoms with Gasteiger partial charge in [0.05, 0.1) is 0 Å². The van der Waals surface area contributed by atoms with Crippen LogP contribution in [0.4, 0.5) is 0 Å². The maximum absolute atomic E-state index is 13.4. The molecule has 3 rings (SSSR count). The van der Waals surface area contributed by atoms with Gasteiger partial charge in [0.1, 0.15) is 6.04 Å². The van der Waals surface area contributed by atoms with Crippen LogP contribution in [0.3, 0.4) is 0 Å². The van der Waals surface area contributed by atoms with E-state index in [9.17, 15) is 9.59 Å². The first kappa shape index (κ1) is 22.0. The fourth-order valence-electron chi connectivity index (χ4n) is 4.10. The van der Waals surface area contributed by atoms with Gasteiger partial charge in [-0.15, -0.1) is 0 Å². The monoisotopic (exact) mass is 407 g/mol. The molecule has 1 atom stereocenters. The lowest BCUT2D eigenvalue weighted by Crippen LogP contribution is -2.54. The second-order valence-corrected chi connectivity index (χ2v) is 8.39. The summed E-state index contributed by atoms with van der Waals surface area (Å²) in [5.41, 5.74) is 1.60. The lowest BCUT2D eigenvalue weighted by Gasteiger charge is -2.39. The van der Waals surface area contributed by atoms with Crippen LogP contribution in [0.25, 0.3) is 0 Å². The third kappa shape index (κ3) is 5.70. The molecule has 30 heavy (non-hydrogen) atoms. The molecule has 1 saturated heterocycles. The van der Waals surface area contributed by atoms with Crippen molar-refractivity contribution < 1.29 is 9.59 Å². The number of piperidine rings is 1. The van der Waals surface area contributed by atoms with Crippen molar-refractivity contribution in [3.63, 3.8) is 0 Å². The Hall–Kier alpha value is -2.66. The first-order valence-corrected chi connectivity index (χ1v) is 10.9. The number of amides is 2. The van der Waals surface area contributed by atoms with E-state index in [4.69, 9.17) is 0 Å². The molecule has 5 heteroatoms. The molecule has 1 N–H and O–H groups in total. The lowest BCUT2D eigenvalue weighted by molar-refractivity contribution is -0.135. The van der Waals surface area contributed by atoms with Gasteiger partial charge in [-0.05, 0) is 44.4 Å². The molecule has 0 spiro atoms. The maximum atomic E-state index is 13.4. The zero-order chi connectivity index (χ0) is 21.5. The van der Waals surface area contributed by atoms with Crippen LogP contribution in [0.5, 0.6) is 0 Å². The molecule has 0 radical (unpaired) electrons. The summed E-state index contributed by atoms with van der Waals surface area (Å²) in [4.78, 5) is 30.5. The van der Waals surface area contributed by atoms with Gasteiger partial charge in [0.2, 0.25) is 5.91 Å². The fraction of sp³-hybridized carbons (Fsp3) is 0.440. The van der Waals surface area contributed by atoms with E-state index in [1.165, 1.54) is 0 Å². The quantitative estimate of drug-likeness (QED) is 0.766. The Bertz CT molecular complexity index is 815. The Labute approximate surface area is 180 Å². The minimum Gasteiger partial charge on any atom is -0.341 e. The molecule has 1 aliphatic rings. The Morgan fingerprint density at radius 2 is 1.57 bits per heavy atom. The predicted octanol–water partition coefficient (Wildman–Crippen LogP) is 3.36. The van der Waals surface area contributed by atoms with Gasteiger partial charge in [-0.1, -0.05) is 48.5 Å². The number of carbonyl (C=O) groups is 2. The highest BCUT2D eigenvalue weighted by molar-refractivity contribution is 5.97. The van der Waals surface area contributed by atoms with Gasteiger partial charge in [-0.3, -0.25) is 9.59 Å². The molecule has 2 aromatic carbocycles. The lowest BCUT2D eigenvalue weighted by atomic mass is 9.99. The number of hydrogen-bond donors (Lipinski definition) is 1. The van der Waals surface area contributed by atoms with Crippen molar-refractivity contribution in [1.29, 1.82) is 0 Å². The van der Waals surface area contributed by atoms with E-state index >= 15 is 0 Å². The van der Waals surface area contributed by atoms with Crippen LogP contribution < -0.4 is 5.32 Å². The predicted molar refractivity (Wildman–Crippen MR) is 120 cm³/mol. The molecule has 160 valence electrons. The van der Waals surface area contributed by atoms with Crippen molar-refractivity contribution in [3.8, 4) is 0 Å². The van der Waals surface area contributed by atoms with E-state index in [2.05, 4.69) is 24.1 Å². The van der Waals surface area contributed by atoms with E-state index in [0.717, 1.165) is 31.5 Å². The summed E-state index contributed by atoms with van der Waals surface area (Å²) in [6, 6.07) is 19.1. The van der Waals surface area contributed by atoms with Crippen molar-refractivity contribution in [3.05, 3.63) is 71.8 Å². The van der Waals surface area contributed by atoms with Crippen molar-refractivity contribution in [2.45, 2.75) is 51.2 Å². The Balaban J connectivity index is 1.71. The summed E-state index contributed by atoms with van der Waals surface area (Å²) in [5, 5.41) is 2.99. The number of rotatable bonds is 7. The fourth-order valence-corrected chi connectivity index (χ4v) is 4.10. The molecule has 0 aromatic heterocycles. The highest BCUT2D eigenvalue weighted by atomic mass is 16.2. The smallest absolute Gasteiger partial charge is 0.251 e. The summed E-state index contributed by atoms with van der Waals surface area (Å²) in [7, 11) is 1.88. The largest absolute Gasteiger partial charge is 0.341 e. The van der Waals surface area contributed by atoms with E-state index in [-0.39, 0.29) is 17.9 Å². The van der Waals surface area contributed by atoms with Gasteiger partial charge < -0.3 is 15.1 Å². The minimum atomic E-state index is -0.590. The molecule has 1 unspecified atom stereocenters. The van der Waals surface area contributed by atoms with Crippen LogP contribution >= 0.6 is 0 Å². The molecule has 2 aromatic rings. The molecular formula is C25H33N3O2. The summed E-state index contributed by atoms with van der Waals surface area (Å²) < 4.78 is 0. The van der Waals surface area contributed by atoms with E-state index in [1.807, 2.05) is 60.5 Å². The van der Waals surface area contributed by atoms with Crippen LogP contribution in [0, 0.1) is 0 Å². The molecule has 1 heterocycles. The van der Waals surface area contributed by atoms with Gasteiger partial charge in [0, 0.05) is 44.2 Å². The first-order chi connectivity index (χ1) is 14.5. The van der Waals surface area contributed by atoms with Gasteiger partial charge in [0.25, 0.3) is 5.91 Å². The number of carbonyl (C=O) groups excluding carboxylic acids is 2. The maximum Gasteiger partial charge on any atom is 0.251 e. The number of benzene rings is 2. The molecular weight excluding hydrogens is 374 g/mol. The Kier molecular flexibility index (Phi) is 7.63. The zero-order valence-corrected chi connectivity index (χ0v) is 18.3. The third-order valence-corrected chi connectivity index (χ3v) is 6.05. The van der Waals surface area contributed by atoms with Crippen LogP contribution in [0.1, 0.15) is 42.6 Å². The molecule has 1 aliphatic heterocycles. The number of likely N-dealkylation sites (tertiary alicyclic amines) is 1. The summed E-state index contributed by atoms with van der Waals surface area (Å²) in [6.45, 7) is 6.42. The number of hydrogen-bond acceptors (Lipinski definition) is 3.